The van der Waals surface area contributed by atoms with Crippen molar-refractivity contribution >= 4 is 47.3 Å². The summed E-state index contributed by atoms with van der Waals surface area (Å²) in [6.07, 6.45) is -3.12. The van der Waals surface area contributed by atoms with Crippen LogP contribution in [0.25, 0.3) is 11.2 Å². The van der Waals surface area contributed by atoms with Gasteiger partial charge in [0.25, 0.3) is 0 Å². The Kier molecular flexibility index (Phi) is 8.93. The number of aliphatic hydroxyl groups is 1. The molecule has 16 heteroatoms. The molecule has 3 unspecified atom stereocenters. The number of carbonyl (C=O) groups is 1. The van der Waals surface area contributed by atoms with Gasteiger partial charge in [-0.1, -0.05) is 18.2 Å². The van der Waals surface area contributed by atoms with Gasteiger partial charge in [-0.05, 0) is 51.6 Å². The Morgan fingerprint density at radius 2 is 2.02 bits per heavy atom. The molecule has 218 valence electrons. The van der Waals surface area contributed by atoms with E-state index in [0.717, 1.165) is 0 Å². The minimum Gasteiger partial charge on any atom is -0.462 e. The third-order valence-electron chi connectivity index (χ3n) is 6.08. The fourth-order valence-electron chi connectivity index (χ4n) is 4.14. The summed E-state index contributed by atoms with van der Waals surface area (Å²) in [5.41, 5.74) is 4.11. The van der Waals surface area contributed by atoms with E-state index in [2.05, 4.69) is 25.4 Å². The summed E-state index contributed by atoms with van der Waals surface area (Å²) in [6, 6.07) is 7.77. The van der Waals surface area contributed by atoms with E-state index in [1.807, 2.05) is 0 Å². The molecular formula is C24H33FN7O6PS. The number of aromatic nitrogens is 4. The van der Waals surface area contributed by atoms with Gasteiger partial charge in [-0.3, -0.25) is 9.36 Å². The van der Waals surface area contributed by atoms with Gasteiger partial charge in [-0.25, -0.2) is 14.5 Å². The topological polar surface area (TPSA) is 168 Å². The summed E-state index contributed by atoms with van der Waals surface area (Å²) in [6.45, 7) is 2.42. The summed E-state index contributed by atoms with van der Waals surface area (Å²) in [5, 5.41) is 16.7. The van der Waals surface area contributed by atoms with Crippen LogP contribution in [0, 0.1) is 0 Å². The predicted molar refractivity (Wildman–Crippen MR) is 150 cm³/mol. The molecule has 40 heavy (non-hydrogen) atoms. The lowest BCUT2D eigenvalue weighted by Gasteiger charge is -2.28. The lowest BCUT2D eigenvalue weighted by molar-refractivity contribution is -0.149. The second kappa shape index (κ2) is 11.9. The van der Waals surface area contributed by atoms with Gasteiger partial charge in [0, 0.05) is 7.05 Å². The highest BCUT2D eigenvalue weighted by Crippen LogP contribution is 2.48. The number of hydrogen-bond acceptors (Lipinski definition) is 12. The molecule has 0 radical (unpaired) electrons. The first-order chi connectivity index (χ1) is 18.8. The maximum atomic E-state index is 16.0. The van der Waals surface area contributed by atoms with Crippen LogP contribution >= 0.6 is 6.64 Å². The van der Waals surface area contributed by atoms with Gasteiger partial charge in [0.2, 0.25) is 5.95 Å². The number of halogens is 1. The summed E-state index contributed by atoms with van der Waals surface area (Å²) in [4.78, 5) is 25.0. The minimum atomic E-state index is -3.45. The molecule has 1 fully saturated rings. The van der Waals surface area contributed by atoms with Crippen LogP contribution in [0.4, 0.5) is 16.2 Å². The van der Waals surface area contributed by atoms with Crippen LogP contribution in [0.5, 0.6) is 5.75 Å². The molecular weight excluding hydrogens is 564 g/mol. The average Bonchev–Trinajstić information content (AvgIpc) is 3.40. The van der Waals surface area contributed by atoms with E-state index in [4.69, 9.17) is 36.1 Å². The van der Waals surface area contributed by atoms with Crippen molar-refractivity contribution in [1.82, 2.24) is 24.6 Å². The van der Waals surface area contributed by atoms with Crippen molar-refractivity contribution in [2.75, 3.05) is 24.7 Å². The molecule has 1 aliphatic rings. The van der Waals surface area contributed by atoms with Gasteiger partial charge in [0.15, 0.2) is 28.9 Å². The molecule has 0 spiro atoms. The van der Waals surface area contributed by atoms with Crippen LogP contribution in [0.2, 0.25) is 0 Å². The average molecular weight is 598 g/mol. The molecule has 3 aromatic rings. The fraction of sp³-hybridized carbons (Fsp3) is 0.500. The minimum absolute atomic E-state index is 0.0486. The first kappa shape index (κ1) is 30.0. The summed E-state index contributed by atoms with van der Waals surface area (Å²) < 4.78 is 40.5. The molecule has 0 saturated carbocycles. The Morgan fingerprint density at radius 1 is 1.32 bits per heavy atom. The van der Waals surface area contributed by atoms with Crippen molar-refractivity contribution in [3.63, 3.8) is 0 Å². The number of imidazole rings is 1. The first-order valence-corrected chi connectivity index (χ1v) is 15.2. The van der Waals surface area contributed by atoms with Crippen molar-refractivity contribution in [3.8, 4) is 5.75 Å². The van der Waals surface area contributed by atoms with Crippen molar-refractivity contribution < 1.29 is 32.8 Å². The second-order valence-electron chi connectivity index (χ2n) is 9.66. The standard InChI is InChI=1S/C24H33FN7O6PS/c1-13(2)36-21(34)14(3)31-39(40,38-15-9-7-6-8-10-15)35-11-16-18(33)24(4,25)22(37-16)32-12-28-17-19(27-5)29-23(26)30-20(17)32/h6-10,12-14,16,18,22,33H,11H2,1-5H3,(H,31,40)(H3,26,27,29,30)/t14-,16?,18-,22?,24-,39?/m1/s1. The molecule has 2 aromatic heterocycles. The highest BCUT2D eigenvalue weighted by Gasteiger charge is 2.56. The molecule has 6 atom stereocenters. The third kappa shape index (κ3) is 6.35. The molecule has 5 N–H and O–H groups in total. The van der Waals surface area contributed by atoms with Gasteiger partial charge in [0.05, 0.1) is 19.0 Å². The molecule has 0 aliphatic carbocycles. The van der Waals surface area contributed by atoms with Crippen LogP contribution in [-0.2, 0) is 30.6 Å². The Morgan fingerprint density at radius 3 is 2.67 bits per heavy atom. The van der Waals surface area contributed by atoms with Crippen LogP contribution in [0.3, 0.4) is 0 Å². The van der Waals surface area contributed by atoms with E-state index in [1.54, 1.807) is 58.2 Å². The number of esters is 1. The molecule has 1 saturated heterocycles. The van der Waals surface area contributed by atoms with E-state index in [1.165, 1.54) is 17.8 Å². The number of para-hydroxylation sites is 1. The molecule has 4 rings (SSSR count). The largest absolute Gasteiger partial charge is 0.462 e. The summed E-state index contributed by atoms with van der Waals surface area (Å²) >= 11 is 5.70. The van der Waals surface area contributed by atoms with Gasteiger partial charge in [-0.15, -0.1) is 0 Å². The van der Waals surface area contributed by atoms with E-state index in [9.17, 15) is 9.90 Å². The Labute approximate surface area is 235 Å². The number of hydrogen-bond donors (Lipinski definition) is 4. The molecule has 1 aliphatic heterocycles. The lowest BCUT2D eigenvalue weighted by Crippen LogP contribution is -2.41. The number of benzene rings is 1. The summed E-state index contributed by atoms with van der Waals surface area (Å²) in [7, 11) is 1.64. The van der Waals surface area contributed by atoms with Crippen molar-refractivity contribution in [2.45, 2.75) is 63.9 Å². The van der Waals surface area contributed by atoms with Gasteiger partial charge in [0.1, 0.15) is 24.0 Å². The SMILES string of the molecule is CNc1nc(N)nc2c1ncn2C1OC(COP(=S)(N[C@H](C)C(=O)OC(C)C)Oc2ccccc2)[C@@H](O)[C@@]1(C)F. The highest BCUT2D eigenvalue weighted by molar-refractivity contribution is 8.09. The van der Waals surface area contributed by atoms with Crippen LogP contribution < -0.4 is 20.7 Å². The zero-order valence-corrected chi connectivity index (χ0v) is 24.4. The third-order valence-corrected chi connectivity index (χ3v) is 8.58. The van der Waals surface area contributed by atoms with Crippen LogP contribution in [0.15, 0.2) is 36.7 Å². The van der Waals surface area contributed by atoms with Crippen molar-refractivity contribution in [2.24, 2.45) is 0 Å². The van der Waals surface area contributed by atoms with E-state index >= 15 is 4.39 Å². The lowest BCUT2D eigenvalue weighted by atomic mass is 9.98. The number of aliphatic hydroxyl groups excluding tert-OH is 1. The normalized spacial score (nSPS) is 25.1. The van der Waals surface area contributed by atoms with Crippen molar-refractivity contribution in [3.05, 3.63) is 36.7 Å². The van der Waals surface area contributed by atoms with E-state index in [-0.39, 0.29) is 24.3 Å². The molecule has 1 aromatic carbocycles. The fourth-order valence-corrected chi connectivity index (χ4v) is 6.55. The maximum absolute atomic E-state index is 16.0. The van der Waals surface area contributed by atoms with Crippen LogP contribution in [0.1, 0.15) is 33.9 Å². The number of fused-ring (bicyclic) bond motifs is 1. The number of ether oxygens (including phenoxy) is 2. The number of nitrogens with zero attached hydrogens (tertiary/aromatic N) is 4. The first-order valence-electron chi connectivity index (χ1n) is 12.5. The van der Waals surface area contributed by atoms with Gasteiger partial charge in [-0.2, -0.15) is 9.97 Å². The van der Waals surface area contributed by atoms with Crippen molar-refractivity contribution in [1.29, 1.82) is 0 Å². The molecule has 3 heterocycles. The number of nitrogen functional groups attached to an aromatic ring is 1. The predicted octanol–water partition coefficient (Wildman–Crippen LogP) is 2.69. The zero-order chi connectivity index (χ0) is 29.2. The number of nitrogens with one attached hydrogen (secondary N) is 2. The molecule has 13 nitrogen and oxygen atoms in total. The molecule has 0 bridgehead atoms. The maximum Gasteiger partial charge on any atom is 0.323 e. The smallest absolute Gasteiger partial charge is 0.323 e. The quantitative estimate of drug-likeness (QED) is 0.188. The zero-order valence-electron chi connectivity index (χ0n) is 22.6. The van der Waals surface area contributed by atoms with Gasteiger partial charge >= 0.3 is 12.6 Å². The Bertz CT molecular complexity index is 1390. The number of anilines is 2. The number of alkyl halides is 1. The highest BCUT2D eigenvalue weighted by atomic mass is 32.5. The number of nitrogens with two attached hydrogens (primary N) is 1. The van der Waals surface area contributed by atoms with E-state index < -0.39 is 42.8 Å². The Hall–Kier alpha value is -2.94. The second-order valence-corrected chi connectivity index (χ2v) is 12.8. The van der Waals surface area contributed by atoms with E-state index in [0.29, 0.717) is 17.1 Å². The van der Waals surface area contributed by atoms with Gasteiger partial charge < -0.3 is 34.7 Å². The monoisotopic (exact) mass is 597 g/mol. The number of carbonyl (C=O) groups excluding carboxylic acids is 1. The number of rotatable bonds is 11. The summed E-state index contributed by atoms with van der Waals surface area (Å²) in [5.74, 6) is 0.154. The Balaban J connectivity index is 1.56. The van der Waals surface area contributed by atoms with Crippen LogP contribution in [-0.4, -0.2) is 74.3 Å². The molecule has 0 amide bonds.